The topological polar surface area (TPSA) is 0 Å². The molecule has 0 bridgehead atoms. The Kier molecular flexibility index (Phi) is 5.08. The van der Waals surface area contributed by atoms with E-state index in [1.807, 2.05) is 12.2 Å². The second kappa shape index (κ2) is 4.28. The Labute approximate surface area is 80.7 Å². The summed E-state index contributed by atoms with van der Waals surface area (Å²) in [6, 6.07) is 0. The SMILES string of the molecule is [C-]1=CC=CC1.[K+]. The maximum Gasteiger partial charge on any atom is 1.00 e. The molecule has 0 saturated heterocycles. The largest absolute Gasteiger partial charge is 1.00 e. The van der Waals surface area contributed by atoms with Crippen LogP contribution in [0.15, 0.2) is 18.2 Å². The van der Waals surface area contributed by atoms with E-state index in [9.17, 15) is 0 Å². The van der Waals surface area contributed by atoms with E-state index in [0.717, 1.165) is 6.42 Å². The van der Waals surface area contributed by atoms with Crippen molar-refractivity contribution in [2.75, 3.05) is 0 Å². The van der Waals surface area contributed by atoms with E-state index in [-0.39, 0.29) is 51.4 Å². The Hall–Kier alpha value is 1.12. The van der Waals surface area contributed by atoms with Gasteiger partial charge in [0.05, 0.1) is 0 Å². The predicted octanol–water partition coefficient (Wildman–Crippen LogP) is -1.69. The van der Waals surface area contributed by atoms with E-state index in [0.29, 0.717) is 0 Å². The van der Waals surface area contributed by atoms with E-state index in [1.165, 1.54) is 0 Å². The minimum atomic E-state index is 0. The van der Waals surface area contributed by atoms with Gasteiger partial charge in [0.2, 0.25) is 0 Å². The number of hydrogen-bond donors (Lipinski definition) is 0. The van der Waals surface area contributed by atoms with Crippen LogP contribution in [0.1, 0.15) is 6.42 Å². The Bertz CT molecular complexity index is 62.0. The van der Waals surface area contributed by atoms with Gasteiger partial charge in [-0.05, 0) is 0 Å². The zero-order valence-corrected chi connectivity index (χ0v) is 7.06. The summed E-state index contributed by atoms with van der Waals surface area (Å²) >= 11 is 0. The van der Waals surface area contributed by atoms with Gasteiger partial charge in [0.1, 0.15) is 0 Å². The maximum atomic E-state index is 2.99. The van der Waals surface area contributed by atoms with Crippen LogP contribution in [0.2, 0.25) is 0 Å². The van der Waals surface area contributed by atoms with Gasteiger partial charge >= 0.3 is 51.4 Å². The van der Waals surface area contributed by atoms with Gasteiger partial charge in [-0.25, -0.2) is 12.2 Å². The molecule has 0 amide bonds. The monoisotopic (exact) mass is 104 g/mol. The summed E-state index contributed by atoms with van der Waals surface area (Å²) in [6.07, 6.45) is 10.0. The third kappa shape index (κ3) is 2.32. The van der Waals surface area contributed by atoms with Gasteiger partial charge < -0.3 is 0 Å². The predicted molar refractivity (Wildman–Crippen MR) is 21.6 cm³/mol. The molecule has 0 aromatic carbocycles. The summed E-state index contributed by atoms with van der Waals surface area (Å²) < 4.78 is 0. The first kappa shape index (κ1) is 7.12. The fraction of sp³-hybridized carbons (Fsp3) is 0.200. The molecule has 0 spiro atoms. The van der Waals surface area contributed by atoms with Gasteiger partial charge in [-0.15, -0.1) is 6.42 Å². The van der Waals surface area contributed by atoms with Gasteiger partial charge in [0, 0.05) is 0 Å². The van der Waals surface area contributed by atoms with Crippen LogP contribution in [0.3, 0.4) is 0 Å². The van der Waals surface area contributed by atoms with Gasteiger partial charge in [0.15, 0.2) is 0 Å². The fourth-order valence-corrected chi connectivity index (χ4v) is 0.340. The second-order valence-corrected chi connectivity index (χ2v) is 1.00. The number of rotatable bonds is 0. The van der Waals surface area contributed by atoms with Gasteiger partial charge in [-0.3, -0.25) is 6.08 Å². The quantitative estimate of drug-likeness (QED) is 0.254. The first-order chi connectivity index (χ1) is 2.50. The van der Waals surface area contributed by atoms with Crippen molar-refractivity contribution in [2.24, 2.45) is 0 Å². The van der Waals surface area contributed by atoms with Crippen LogP contribution in [0.4, 0.5) is 0 Å². The van der Waals surface area contributed by atoms with Crippen molar-refractivity contribution in [1.29, 1.82) is 0 Å². The molecule has 1 heteroatoms. The minimum absolute atomic E-state index is 0. The summed E-state index contributed by atoms with van der Waals surface area (Å²) in [5.41, 5.74) is 0. The van der Waals surface area contributed by atoms with Crippen molar-refractivity contribution in [2.45, 2.75) is 6.42 Å². The Balaban J connectivity index is 0.000000250. The van der Waals surface area contributed by atoms with Crippen LogP contribution in [-0.4, -0.2) is 0 Å². The molecule has 0 unspecified atom stereocenters. The van der Waals surface area contributed by atoms with Crippen molar-refractivity contribution in [1.82, 2.24) is 0 Å². The summed E-state index contributed by atoms with van der Waals surface area (Å²) in [5, 5.41) is 0. The standard InChI is InChI=1S/C5H5.K/c1-2-4-5-3-1;/h1-3H,4H2;/q-1;+1. The first-order valence-corrected chi connectivity index (χ1v) is 1.72. The molecule has 26 valence electrons. The van der Waals surface area contributed by atoms with Crippen LogP contribution in [-0.2, 0) is 0 Å². The maximum absolute atomic E-state index is 2.99. The van der Waals surface area contributed by atoms with Crippen molar-refractivity contribution in [3.05, 3.63) is 24.3 Å². The minimum Gasteiger partial charge on any atom is -0.273 e. The molecule has 1 aliphatic rings. The Morgan fingerprint density at radius 2 is 2.33 bits per heavy atom. The average Bonchev–Trinajstić information content (AvgIpc) is 1.76. The van der Waals surface area contributed by atoms with E-state index in [2.05, 4.69) is 12.2 Å². The first-order valence-electron chi connectivity index (χ1n) is 1.72. The summed E-state index contributed by atoms with van der Waals surface area (Å²) in [5.74, 6) is 0. The number of hydrogen-bond acceptors (Lipinski definition) is 0. The molecule has 0 aliphatic heterocycles. The van der Waals surface area contributed by atoms with E-state index < -0.39 is 0 Å². The zero-order chi connectivity index (χ0) is 3.54. The third-order valence-corrected chi connectivity index (χ3v) is 0.586. The van der Waals surface area contributed by atoms with Crippen molar-refractivity contribution in [3.63, 3.8) is 0 Å². The Morgan fingerprint density at radius 3 is 2.50 bits per heavy atom. The van der Waals surface area contributed by atoms with E-state index >= 15 is 0 Å². The molecule has 0 saturated carbocycles. The third-order valence-electron chi connectivity index (χ3n) is 0.586. The van der Waals surface area contributed by atoms with Crippen molar-refractivity contribution < 1.29 is 51.4 Å². The van der Waals surface area contributed by atoms with Crippen molar-refractivity contribution in [3.8, 4) is 0 Å². The normalized spacial score (nSPS) is 14.7. The molecule has 6 heavy (non-hydrogen) atoms. The smallest absolute Gasteiger partial charge is 0.273 e. The summed E-state index contributed by atoms with van der Waals surface area (Å²) in [4.78, 5) is 0. The van der Waals surface area contributed by atoms with Crippen LogP contribution >= 0.6 is 0 Å². The van der Waals surface area contributed by atoms with Crippen LogP contribution in [0.25, 0.3) is 0 Å². The van der Waals surface area contributed by atoms with Gasteiger partial charge in [-0.1, -0.05) is 0 Å². The molecule has 0 radical (unpaired) electrons. The molecule has 0 nitrogen and oxygen atoms in total. The van der Waals surface area contributed by atoms with E-state index in [1.54, 1.807) is 0 Å². The molecule has 1 rings (SSSR count). The molecule has 0 N–H and O–H groups in total. The van der Waals surface area contributed by atoms with Gasteiger partial charge in [-0.2, -0.15) is 6.08 Å². The molecule has 0 heterocycles. The van der Waals surface area contributed by atoms with Gasteiger partial charge in [0.25, 0.3) is 0 Å². The van der Waals surface area contributed by atoms with Crippen molar-refractivity contribution >= 4 is 0 Å². The van der Waals surface area contributed by atoms with Crippen LogP contribution in [0, 0.1) is 6.08 Å². The fourth-order valence-electron chi connectivity index (χ4n) is 0.340. The summed E-state index contributed by atoms with van der Waals surface area (Å²) in [7, 11) is 0. The zero-order valence-electron chi connectivity index (χ0n) is 3.94. The van der Waals surface area contributed by atoms with Crippen LogP contribution < -0.4 is 51.4 Å². The molecule has 0 aromatic heterocycles. The molecular formula is C5H5K. The number of allylic oxidation sites excluding steroid dienone is 4. The summed E-state index contributed by atoms with van der Waals surface area (Å²) in [6.45, 7) is 0. The second-order valence-electron chi connectivity index (χ2n) is 1.00. The molecule has 1 aliphatic carbocycles. The molecule has 0 aromatic rings. The van der Waals surface area contributed by atoms with E-state index in [4.69, 9.17) is 0 Å². The Morgan fingerprint density at radius 1 is 1.50 bits per heavy atom. The molecule has 0 fully saturated rings. The molecular weight excluding hydrogens is 99.2 g/mol. The average molecular weight is 104 g/mol. The van der Waals surface area contributed by atoms with Crippen LogP contribution in [0.5, 0.6) is 0 Å². The molecule has 0 atom stereocenters.